The Morgan fingerprint density at radius 2 is 1.65 bits per heavy atom. The van der Waals surface area contributed by atoms with E-state index in [1.54, 1.807) is 0 Å². The quantitative estimate of drug-likeness (QED) is 0.347. The standard InChI is InChI=1S/C17H27N5O4/c18-8-10-20-15(23)7-6-14(16(24)21-11-9-19)22-17(25)26-12-13-4-2-1-3-5-13/h1-5,14H,6-12,18-19H2,(H,20,23)(H,21,24)(H,22,25)/t14-/m0/s1. The number of carbonyl (C=O) groups is 3. The summed E-state index contributed by atoms with van der Waals surface area (Å²) in [5.74, 6) is -0.662. The predicted octanol–water partition coefficient (Wildman–Crippen LogP) is -0.789. The van der Waals surface area contributed by atoms with E-state index in [4.69, 9.17) is 16.2 Å². The van der Waals surface area contributed by atoms with Gasteiger partial charge in [0.05, 0.1) is 0 Å². The van der Waals surface area contributed by atoms with E-state index in [9.17, 15) is 14.4 Å². The molecular weight excluding hydrogens is 338 g/mol. The zero-order chi connectivity index (χ0) is 19.2. The summed E-state index contributed by atoms with van der Waals surface area (Å²) >= 11 is 0. The first-order valence-electron chi connectivity index (χ1n) is 8.48. The molecule has 9 heteroatoms. The molecule has 3 amide bonds. The van der Waals surface area contributed by atoms with Crippen molar-refractivity contribution in [2.45, 2.75) is 25.5 Å². The molecule has 1 atom stereocenters. The van der Waals surface area contributed by atoms with Crippen LogP contribution in [-0.4, -0.2) is 50.1 Å². The highest BCUT2D eigenvalue weighted by Gasteiger charge is 2.22. The third kappa shape index (κ3) is 9.00. The number of carbonyl (C=O) groups excluding carboxylic acids is 3. The van der Waals surface area contributed by atoms with Crippen LogP contribution in [0, 0.1) is 0 Å². The van der Waals surface area contributed by atoms with Crippen LogP contribution in [0.1, 0.15) is 18.4 Å². The van der Waals surface area contributed by atoms with Gasteiger partial charge in [0.1, 0.15) is 12.6 Å². The van der Waals surface area contributed by atoms with Gasteiger partial charge < -0.3 is 32.2 Å². The van der Waals surface area contributed by atoms with Crippen LogP contribution < -0.4 is 27.4 Å². The minimum absolute atomic E-state index is 0.0691. The molecule has 0 spiro atoms. The van der Waals surface area contributed by atoms with Crippen molar-refractivity contribution in [2.75, 3.05) is 26.2 Å². The van der Waals surface area contributed by atoms with E-state index >= 15 is 0 Å². The molecule has 0 unspecified atom stereocenters. The number of rotatable bonds is 11. The molecule has 26 heavy (non-hydrogen) atoms. The Morgan fingerprint density at radius 3 is 2.31 bits per heavy atom. The lowest BCUT2D eigenvalue weighted by Gasteiger charge is -2.18. The van der Waals surface area contributed by atoms with Crippen LogP contribution in [0.15, 0.2) is 30.3 Å². The Hall–Kier alpha value is -2.65. The van der Waals surface area contributed by atoms with Crippen molar-refractivity contribution in [2.24, 2.45) is 11.5 Å². The van der Waals surface area contributed by atoms with Gasteiger partial charge in [-0.15, -0.1) is 0 Å². The molecule has 1 rings (SSSR count). The summed E-state index contributed by atoms with van der Waals surface area (Å²) in [5.41, 5.74) is 11.5. The first-order valence-corrected chi connectivity index (χ1v) is 8.48. The van der Waals surface area contributed by atoms with Gasteiger partial charge >= 0.3 is 6.09 Å². The van der Waals surface area contributed by atoms with E-state index in [1.165, 1.54) is 0 Å². The molecule has 0 aliphatic rings. The van der Waals surface area contributed by atoms with Crippen LogP contribution in [-0.2, 0) is 20.9 Å². The van der Waals surface area contributed by atoms with E-state index in [1.807, 2.05) is 30.3 Å². The van der Waals surface area contributed by atoms with Crippen molar-refractivity contribution in [1.82, 2.24) is 16.0 Å². The molecule has 0 aromatic heterocycles. The van der Waals surface area contributed by atoms with E-state index in [0.717, 1.165) is 5.56 Å². The lowest BCUT2D eigenvalue weighted by molar-refractivity contribution is -0.124. The van der Waals surface area contributed by atoms with Crippen LogP contribution in [0.25, 0.3) is 0 Å². The van der Waals surface area contributed by atoms with Gasteiger partial charge in [0.15, 0.2) is 0 Å². The molecule has 0 saturated carbocycles. The summed E-state index contributed by atoms with van der Waals surface area (Å²) in [6.07, 6.45) is -0.531. The molecule has 0 heterocycles. The Morgan fingerprint density at radius 1 is 1.00 bits per heavy atom. The van der Waals surface area contributed by atoms with Crippen molar-refractivity contribution < 1.29 is 19.1 Å². The minimum Gasteiger partial charge on any atom is -0.445 e. The molecule has 9 nitrogen and oxygen atoms in total. The highest BCUT2D eigenvalue weighted by molar-refractivity contribution is 5.86. The number of amides is 3. The zero-order valence-corrected chi connectivity index (χ0v) is 14.7. The maximum atomic E-state index is 12.1. The maximum absolute atomic E-state index is 12.1. The summed E-state index contributed by atoms with van der Waals surface area (Å²) in [4.78, 5) is 35.8. The van der Waals surface area contributed by atoms with Gasteiger partial charge in [0.25, 0.3) is 0 Å². The van der Waals surface area contributed by atoms with Gasteiger partial charge in [-0.2, -0.15) is 0 Å². The van der Waals surface area contributed by atoms with Gasteiger partial charge in [0.2, 0.25) is 11.8 Å². The summed E-state index contributed by atoms with van der Waals surface area (Å²) in [5, 5.41) is 7.69. The second-order valence-corrected chi connectivity index (χ2v) is 5.52. The third-order valence-corrected chi connectivity index (χ3v) is 3.39. The van der Waals surface area contributed by atoms with Crippen molar-refractivity contribution >= 4 is 17.9 Å². The average molecular weight is 365 g/mol. The predicted molar refractivity (Wildman–Crippen MR) is 96.9 cm³/mol. The number of hydrogen-bond donors (Lipinski definition) is 5. The van der Waals surface area contributed by atoms with Gasteiger partial charge in [-0.3, -0.25) is 9.59 Å². The molecule has 1 aromatic carbocycles. The van der Waals surface area contributed by atoms with Crippen LogP contribution in [0.5, 0.6) is 0 Å². The highest BCUT2D eigenvalue weighted by atomic mass is 16.5. The SMILES string of the molecule is NCCNC(=O)CC[C@H](NC(=O)OCc1ccccc1)C(=O)NCCN. The molecule has 0 saturated heterocycles. The summed E-state index contributed by atoms with van der Waals surface area (Å²) in [6, 6.07) is 8.27. The van der Waals surface area contributed by atoms with E-state index in [-0.39, 0.29) is 38.4 Å². The van der Waals surface area contributed by atoms with E-state index in [2.05, 4.69) is 16.0 Å². The molecule has 7 N–H and O–H groups in total. The van der Waals surface area contributed by atoms with Gasteiger partial charge in [-0.05, 0) is 12.0 Å². The van der Waals surface area contributed by atoms with E-state index in [0.29, 0.717) is 13.1 Å². The molecule has 0 bridgehead atoms. The summed E-state index contributed by atoms with van der Waals surface area (Å²) in [6.45, 7) is 1.32. The van der Waals surface area contributed by atoms with Crippen molar-refractivity contribution in [3.63, 3.8) is 0 Å². The first-order chi connectivity index (χ1) is 12.6. The average Bonchev–Trinajstić information content (AvgIpc) is 2.66. The van der Waals surface area contributed by atoms with Crippen LogP contribution in [0.2, 0.25) is 0 Å². The minimum atomic E-state index is -0.895. The van der Waals surface area contributed by atoms with Crippen molar-refractivity contribution in [1.29, 1.82) is 0 Å². The molecule has 144 valence electrons. The number of benzene rings is 1. The Labute approximate surface area is 152 Å². The number of nitrogens with two attached hydrogens (primary N) is 2. The Balaban J connectivity index is 2.52. The molecule has 0 aliphatic carbocycles. The molecule has 0 radical (unpaired) electrons. The van der Waals surface area contributed by atoms with Crippen LogP contribution in [0.4, 0.5) is 4.79 Å². The zero-order valence-electron chi connectivity index (χ0n) is 14.7. The van der Waals surface area contributed by atoms with Gasteiger partial charge in [-0.25, -0.2) is 4.79 Å². The summed E-state index contributed by atoms with van der Waals surface area (Å²) in [7, 11) is 0. The molecule has 1 aromatic rings. The van der Waals surface area contributed by atoms with Gasteiger partial charge in [0, 0.05) is 32.6 Å². The van der Waals surface area contributed by atoms with Crippen LogP contribution >= 0.6 is 0 Å². The maximum Gasteiger partial charge on any atom is 0.408 e. The topological polar surface area (TPSA) is 149 Å². The summed E-state index contributed by atoms with van der Waals surface area (Å²) < 4.78 is 5.11. The number of ether oxygens (including phenoxy) is 1. The highest BCUT2D eigenvalue weighted by Crippen LogP contribution is 2.03. The fraction of sp³-hybridized carbons (Fsp3) is 0.471. The molecule has 0 aliphatic heterocycles. The molecular formula is C17H27N5O4. The monoisotopic (exact) mass is 365 g/mol. The Kier molecular flexibility index (Phi) is 10.4. The van der Waals surface area contributed by atoms with Crippen LogP contribution in [0.3, 0.4) is 0 Å². The molecule has 0 fully saturated rings. The second kappa shape index (κ2) is 12.7. The Bertz CT molecular complexity index is 568. The largest absolute Gasteiger partial charge is 0.445 e. The first kappa shape index (κ1) is 21.4. The fourth-order valence-electron chi connectivity index (χ4n) is 2.07. The van der Waals surface area contributed by atoms with Gasteiger partial charge in [-0.1, -0.05) is 30.3 Å². The number of hydrogen-bond acceptors (Lipinski definition) is 6. The van der Waals surface area contributed by atoms with E-state index < -0.39 is 18.0 Å². The lowest BCUT2D eigenvalue weighted by atomic mass is 10.1. The second-order valence-electron chi connectivity index (χ2n) is 5.52. The number of alkyl carbamates (subject to hydrolysis) is 1. The lowest BCUT2D eigenvalue weighted by Crippen LogP contribution is -2.48. The van der Waals surface area contributed by atoms with Crippen molar-refractivity contribution in [3.05, 3.63) is 35.9 Å². The normalized spacial score (nSPS) is 11.3. The smallest absolute Gasteiger partial charge is 0.408 e. The van der Waals surface area contributed by atoms with Crippen molar-refractivity contribution in [3.8, 4) is 0 Å². The fourth-order valence-corrected chi connectivity index (χ4v) is 2.07. The third-order valence-electron chi connectivity index (χ3n) is 3.39. The number of nitrogens with one attached hydrogen (secondary N) is 3.